The van der Waals surface area contributed by atoms with Crippen LogP contribution in [-0.2, 0) is 21.3 Å². The van der Waals surface area contributed by atoms with Gasteiger partial charge in [-0.05, 0) is 61.6 Å². The second-order valence-electron chi connectivity index (χ2n) is 11.5. The predicted octanol–water partition coefficient (Wildman–Crippen LogP) is 0.942. The maximum absolute atomic E-state index is 11.6. The molecule has 0 radical (unpaired) electrons. The van der Waals surface area contributed by atoms with Gasteiger partial charge in [0.25, 0.3) is 0 Å². The van der Waals surface area contributed by atoms with E-state index >= 15 is 0 Å². The van der Waals surface area contributed by atoms with Crippen molar-refractivity contribution in [2.45, 2.75) is 74.3 Å². The number of fused-ring (bicyclic) bond motifs is 2. The molecule has 2 aromatic rings. The normalized spacial score (nSPS) is 34.6. The molecule has 2 aromatic carbocycles. The number of hydrogen-bond donors (Lipinski definition) is 6. The summed E-state index contributed by atoms with van der Waals surface area (Å²) >= 11 is 6.54. The topological polar surface area (TPSA) is 149 Å². The SMILES string of the molecule is CC(C)(O)[C@@]12CC(O)[C@@](c3ccc(Cl)c(Cc4ccc(OCCOC5COC5)cc4)c3)(C1O)[C@@H](O)[C@H](O)[C@H]2O. The van der Waals surface area contributed by atoms with Crippen molar-refractivity contribution in [3.05, 3.63) is 64.2 Å². The quantitative estimate of drug-likeness (QED) is 0.245. The summed E-state index contributed by atoms with van der Waals surface area (Å²) in [5, 5.41) is 67.3. The molecule has 0 aromatic heterocycles. The molecule has 5 rings (SSSR count). The fraction of sp³-hybridized carbons (Fsp3) is 0.586. The summed E-state index contributed by atoms with van der Waals surface area (Å²) in [6, 6.07) is 12.4. The van der Waals surface area contributed by atoms with E-state index in [1.807, 2.05) is 24.3 Å². The van der Waals surface area contributed by atoms with Crippen LogP contribution in [0.15, 0.2) is 42.5 Å². The van der Waals surface area contributed by atoms with Crippen LogP contribution < -0.4 is 4.74 Å². The lowest BCUT2D eigenvalue weighted by Crippen LogP contribution is -2.72. The van der Waals surface area contributed by atoms with E-state index in [9.17, 15) is 30.6 Å². The van der Waals surface area contributed by atoms with Crippen molar-refractivity contribution in [3.8, 4) is 5.75 Å². The Kier molecular flexibility index (Phi) is 7.78. The number of aliphatic hydroxyl groups excluding tert-OH is 5. The molecule has 3 fully saturated rings. The van der Waals surface area contributed by atoms with Gasteiger partial charge in [0.2, 0.25) is 0 Å². The molecule has 2 unspecified atom stereocenters. The Morgan fingerprint density at radius 2 is 1.67 bits per heavy atom. The molecule has 1 saturated heterocycles. The average molecular weight is 565 g/mol. The number of ether oxygens (including phenoxy) is 3. The van der Waals surface area contributed by atoms with Crippen LogP contribution in [0.3, 0.4) is 0 Å². The summed E-state index contributed by atoms with van der Waals surface area (Å²) in [4.78, 5) is 0. The highest BCUT2D eigenvalue weighted by Gasteiger charge is 2.77. The third kappa shape index (κ3) is 4.58. The molecule has 214 valence electrons. The van der Waals surface area contributed by atoms with Crippen molar-refractivity contribution < 1.29 is 44.8 Å². The van der Waals surface area contributed by atoms with Crippen LogP contribution in [-0.4, -0.2) is 99.3 Å². The summed E-state index contributed by atoms with van der Waals surface area (Å²) < 4.78 is 16.4. The molecule has 39 heavy (non-hydrogen) atoms. The molecular formula is C29H37ClO9. The molecule has 2 bridgehead atoms. The lowest BCUT2D eigenvalue weighted by atomic mass is 9.55. The van der Waals surface area contributed by atoms with Gasteiger partial charge >= 0.3 is 0 Å². The smallest absolute Gasteiger partial charge is 0.119 e. The van der Waals surface area contributed by atoms with E-state index in [0.717, 1.165) is 5.56 Å². The Balaban J connectivity index is 1.38. The summed E-state index contributed by atoms with van der Waals surface area (Å²) in [7, 11) is 0. The fourth-order valence-electron chi connectivity index (χ4n) is 6.67. The maximum atomic E-state index is 11.6. The molecule has 1 heterocycles. The zero-order valence-electron chi connectivity index (χ0n) is 22.0. The van der Waals surface area contributed by atoms with E-state index in [4.69, 9.17) is 25.8 Å². The summed E-state index contributed by atoms with van der Waals surface area (Å²) in [6.45, 7) is 4.99. The van der Waals surface area contributed by atoms with Crippen molar-refractivity contribution in [1.29, 1.82) is 0 Å². The van der Waals surface area contributed by atoms with E-state index in [1.54, 1.807) is 18.2 Å². The van der Waals surface area contributed by atoms with Gasteiger partial charge in [-0.3, -0.25) is 0 Å². The first-order valence-electron chi connectivity index (χ1n) is 13.3. The van der Waals surface area contributed by atoms with Crippen LogP contribution in [0.4, 0.5) is 0 Å². The van der Waals surface area contributed by atoms with E-state index in [0.29, 0.717) is 54.7 Å². The Hall–Kier alpha value is -1.79. The van der Waals surface area contributed by atoms with Gasteiger partial charge in [0.05, 0.1) is 60.7 Å². The van der Waals surface area contributed by atoms with Gasteiger partial charge in [-0.1, -0.05) is 35.9 Å². The van der Waals surface area contributed by atoms with Gasteiger partial charge in [0, 0.05) is 5.02 Å². The minimum Gasteiger partial charge on any atom is -0.491 e. The van der Waals surface area contributed by atoms with Crippen molar-refractivity contribution in [3.63, 3.8) is 0 Å². The lowest BCUT2D eigenvalue weighted by molar-refractivity contribution is -0.254. The number of benzene rings is 2. The van der Waals surface area contributed by atoms with E-state index in [1.165, 1.54) is 13.8 Å². The number of aliphatic hydroxyl groups is 6. The molecule has 6 N–H and O–H groups in total. The average Bonchev–Trinajstić information content (AvgIpc) is 3.08. The third-order valence-electron chi connectivity index (χ3n) is 9.00. The summed E-state index contributed by atoms with van der Waals surface area (Å²) in [6.07, 6.45) is -7.61. The Bertz CT molecular complexity index is 1160. The van der Waals surface area contributed by atoms with Crippen LogP contribution in [0.25, 0.3) is 0 Å². The molecule has 0 amide bonds. The Morgan fingerprint density at radius 1 is 0.974 bits per heavy atom. The largest absolute Gasteiger partial charge is 0.491 e. The molecule has 2 aliphatic carbocycles. The molecule has 1 aliphatic heterocycles. The van der Waals surface area contributed by atoms with Crippen molar-refractivity contribution in [2.24, 2.45) is 5.41 Å². The van der Waals surface area contributed by atoms with Gasteiger partial charge in [-0.15, -0.1) is 0 Å². The molecule has 10 heteroatoms. The number of hydrogen-bond acceptors (Lipinski definition) is 9. The lowest BCUT2D eigenvalue weighted by Gasteiger charge is -2.56. The number of halogens is 1. The van der Waals surface area contributed by atoms with Gasteiger partial charge in [-0.25, -0.2) is 0 Å². The van der Waals surface area contributed by atoms with Crippen LogP contribution in [0.5, 0.6) is 5.75 Å². The first-order valence-corrected chi connectivity index (χ1v) is 13.6. The molecular weight excluding hydrogens is 528 g/mol. The van der Waals surface area contributed by atoms with E-state index in [2.05, 4.69) is 0 Å². The molecule has 3 aliphatic rings. The van der Waals surface area contributed by atoms with Crippen LogP contribution in [0.1, 0.15) is 37.0 Å². The van der Waals surface area contributed by atoms with Gasteiger partial charge in [0.15, 0.2) is 0 Å². The predicted molar refractivity (Wildman–Crippen MR) is 142 cm³/mol. The Morgan fingerprint density at radius 3 is 2.28 bits per heavy atom. The maximum Gasteiger partial charge on any atom is 0.119 e. The second-order valence-corrected chi connectivity index (χ2v) is 11.9. The van der Waals surface area contributed by atoms with E-state index < -0.39 is 47.0 Å². The highest BCUT2D eigenvalue weighted by atomic mass is 35.5. The monoisotopic (exact) mass is 564 g/mol. The third-order valence-corrected chi connectivity index (χ3v) is 9.37. The van der Waals surface area contributed by atoms with E-state index in [-0.39, 0.29) is 12.5 Å². The molecule has 0 spiro atoms. The zero-order chi connectivity index (χ0) is 28.2. The Labute approximate surface area is 232 Å². The van der Waals surface area contributed by atoms with Gasteiger partial charge in [0.1, 0.15) is 24.6 Å². The first kappa shape index (κ1) is 28.7. The highest BCUT2D eigenvalue weighted by molar-refractivity contribution is 6.31. The van der Waals surface area contributed by atoms with Gasteiger partial charge in [-0.2, -0.15) is 0 Å². The van der Waals surface area contributed by atoms with Crippen molar-refractivity contribution in [1.82, 2.24) is 0 Å². The molecule has 7 atom stereocenters. The minimum atomic E-state index is -1.75. The summed E-state index contributed by atoms with van der Waals surface area (Å²) in [5.74, 6) is 0.698. The van der Waals surface area contributed by atoms with Crippen LogP contribution >= 0.6 is 11.6 Å². The van der Waals surface area contributed by atoms with Crippen molar-refractivity contribution in [2.75, 3.05) is 26.4 Å². The van der Waals surface area contributed by atoms with Crippen molar-refractivity contribution >= 4 is 11.6 Å². The summed E-state index contributed by atoms with van der Waals surface area (Å²) in [5.41, 5.74) is -3.11. The second kappa shape index (κ2) is 10.6. The molecule has 2 saturated carbocycles. The fourth-order valence-corrected chi connectivity index (χ4v) is 6.85. The van der Waals surface area contributed by atoms with Crippen LogP contribution in [0, 0.1) is 5.41 Å². The number of rotatable bonds is 9. The molecule has 9 nitrogen and oxygen atoms in total. The zero-order valence-corrected chi connectivity index (χ0v) is 22.8. The van der Waals surface area contributed by atoms with Gasteiger partial charge < -0.3 is 44.8 Å². The first-order chi connectivity index (χ1) is 18.4. The highest BCUT2D eigenvalue weighted by Crippen LogP contribution is 2.63. The standard InChI is InChI=1S/C29H37ClO9/c1-27(2,36)28-13-22(31)29(26(28)35,25(34)23(32)24(28)33)18-5-8-21(30)17(12-18)11-16-3-6-19(7-4-16)38-9-10-39-20-14-37-15-20/h3-8,12,20,22-26,31-36H,9-11,13-15H2,1-2H3/t22?,23-,24-,25+,26?,28-,29-/m1/s1. The minimum absolute atomic E-state index is 0.150. The van der Waals surface area contributed by atoms with Crippen LogP contribution in [0.2, 0.25) is 5.02 Å².